The van der Waals surface area contributed by atoms with E-state index < -0.39 is 0 Å². The fraction of sp³-hybridized carbons (Fsp3) is 0.812. The molecule has 1 aromatic heterocycles. The molecule has 3 heterocycles. The molecule has 0 N–H and O–H groups in total. The molecule has 2 aliphatic heterocycles. The third-order valence-corrected chi connectivity index (χ3v) is 4.92. The number of fused-ring (bicyclic) bond motifs is 1. The zero-order chi connectivity index (χ0) is 14.1. The van der Waals surface area contributed by atoms with Crippen molar-refractivity contribution < 1.29 is 9.47 Å². The summed E-state index contributed by atoms with van der Waals surface area (Å²) < 4.78 is 13.7. The first-order valence-corrected chi connectivity index (χ1v) is 8.28. The molecule has 1 saturated carbocycles. The number of hydrogen-bond donors (Lipinski definition) is 0. The predicted molar refractivity (Wildman–Crippen MR) is 78.9 cm³/mol. The van der Waals surface area contributed by atoms with Gasteiger partial charge in [-0.1, -0.05) is 0 Å². The first-order chi connectivity index (χ1) is 10.4. The summed E-state index contributed by atoms with van der Waals surface area (Å²) in [5.41, 5.74) is 1.33. The zero-order valence-corrected chi connectivity index (χ0v) is 12.6. The van der Waals surface area contributed by atoms with Gasteiger partial charge in [-0.2, -0.15) is 5.10 Å². The van der Waals surface area contributed by atoms with Crippen molar-refractivity contribution in [2.24, 2.45) is 11.8 Å². The first-order valence-electron chi connectivity index (χ1n) is 8.28. The number of aromatic nitrogens is 2. The van der Waals surface area contributed by atoms with Gasteiger partial charge in [-0.05, 0) is 31.2 Å². The van der Waals surface area contributed by atoms with Crippen LogP contribution in [0, 0.1) is 11.8 Å². The zero-order valence-electron chi connectivity index (χ0n) is 12.6. The van der Waals surface area contributed by atoms with Crippen LogP contribution in [0.1, 0.15) is 25.0 Å². The lowest BCUT2D eigenvalue weighted by Crippen LogP contribution is -2.38. The maximum atomic E-state index is 5.96. The first kappa shape index (κ1) is 13.7. The molecule has 2 fully saturated rings. The minimum Gasteiger partial charge on any atom is -0.381 e. The SMILES string of the molecule is c1cc2n(n1)C[C@H](COCC1CC1)CN([C@@H]1CCOC1)C2. The Morgan fingerprint density at radius 1 is 1.19 bits per heavy atom. The van der Waals surface area contributed by atoms with E-state index in [4.69, 9.17) is 9.47 Å². The van der Waals surface area contributed by atoms with Gasteiger partial charge < -0.3 is 9.47 Å². The fourth-order valence-electron chi connectivity index (χ4n) is 3.44. The fourth-order valence-corrected chi connectivity index (χ4v) is 3.44. The molecule has 0 amide bonds. The summed E-state index contributed by atoms with van der Waals surface area (Å²) in [7, 11) is 0. The molecule has 1 aromatic rings. The van der Waals surface area contributed by atoms with Crippen LogP contribution in [0.3, 0.4) is 0 Å². The normalized spacial score (nSPS) is 30.3. The standard InChI is InChI=1S/C16H25N3O2/c1-2-13(1)10-21-11-14-7-18(16-4-6-20-12-16)9-15-3-5-17-19(15)8-14/h3,5,13-14,16H,1-2,4,6-12H2/t14-,16-/m1/s1. The summed E-state index contributed by atoms with van der Waals surface area (Å²) in [6.07, 6.45) is 5.80. The highest BCUT2D eigenvalue weighted by atomic mass is 16.5. The molecule has 0 spiro atoms. The van der Waals surface area contributed by atoms with Crippen LogP contribution in [0.25, 0.3) is 0 Å². The van der Waals surface area contributed by atoms with E-state index in [1.165, 1.54) is 18.5 Å². The van der Waals surface area contributed by atoms with Crippen LogP contribution in [-0.2, 0) is 22.6 Å². The van der Waals surface area contributed by atoms with Gasteiger partial charge >= 0.3 is 0 Å². The van der Waals surface area contributed by atoms with Crippen molar-refractivity contribution in [3.8, 4) is 0 Å². The lowest BCUT2D eigenvalue weighted by atomic mass is 10.1. The second-order valence-corrected chi connectivity index (χ2v) is 6.80. The Hall–Kier alpha value is -0.910. The van der Waals surface area contributed by atoms with E-state index in [9.17, 15) is 0 Å². The lowest BCUT2D eigenvalue weighted by Gasteiger charge is -2.28. The van der Waals surface area contributed by atoms with Crippen LogP contribution in [0.2, 0.25) is 0 Å². The topological polar surface area (TPSA) is 39.5 Å². The number of hydrogen-bond acceptors (Lipinski definition) is 4. The van der Waals surface area contributed by atoms with E-state index in [1.54, 1.807) is 0 Å². The van der Waals surface area contributed by atoms with Gasteiger partial charge in [0, 0.05) is 51.0 Å². The average Bonchev–Trinajstić information content (AvgIpc) is 3.01. The van der Waals surface area contributed by atoms with Gasteiger partial charge in [0.2, 0.25) is 0 Å². The lowest BCUT2D eigenvalue weighted by molar-refractivity contribution is 0.0593. The molecule has 4 rings (SSSR count). The molecule has 3 aliphatic rings. The van der Waals surface area contributed by atoms with Gasteiger partial charge in [0.05, 0.1) is 18.9 Å². The summed E-state index contributed by atoms with van der Waals surface area (Å²) in [5.74, 6) is 1.38. The van der Waals surface area contributed by atoms with Crippen molar-refractivity contribution in [1.29, 1.82) is 0 Å². The van der Waals surface area contributed by atoms with E-state index in [0.717, 1.165) is 58.4 Å². The smallest absolute Gasteiger partial charge is 0.0622 e. The van der Waals surface area contributed by atoms with Crippen molar-refractivity contribution in [1.82, 2.24) is 14.7 Å². The molecule has 116 valence electrons. The third-order valence-electron chi connectivity index (χ3n) is 4.92. The van der Waals surface area contributed by atoms with Crippen LogP contribution in [-0.4, -0.2) is 53.7 Å². The van der Waals surface area contributed by atoms with Crippen molar-refractivity contribution in [2.45, 2.75) is 38.4 Å². The molecule has 21 heavy (non-hydrogen) atoms. The number of ether oxygens (including phenoxy) is 2. The summed E-state index contributed by atoms with van der Waals surface area (Å²) in [6, 6.07) is 2.72. The Balaban J connectivity index is 1.42. The minimum atomic E-state index is 0.533. The Bertz CT molecular complexity index is 466. The maximum Gasteiger partial charge on any atom is 0.0622 e. The monoisotopic (exact) mass is 291 g/mol. The summed E-state index contributed by atoms with van der Waals surface area (Å²) >= 11 is 0. The second kappa shape index (κ2) is 6.07. The molecule has 0 radical (unpaired) electrons. The Labute approximate surface area is 126 Å². The van der Waals surface area contributed by atoms with Gasteiger partial charge in [0.1, 0.15) is 0 Å². The van der Waals surface area contributed by atoms with Crippen molar-refractivity contribution >= 4 is 0 Å². The van der Waals surface area contributed by atoms with Crippen molar-refractivity contribution in [3.63, 3.8) is 0 Å². The van der Waals surface area contributed by atoms with Gasteiger partial charge in [0.15, 0.2) is 0 Å². The molecule has 1 aliphatic carbocycles. The molecular formula is C16H25N3O2. The predicted octanol–water partition coefficient (Wildman–Crippen LogP) is 1.53. The van der Waals surface area contributed by atoms with Crippen LogP contribution >= 0.6 is 0 Å². The van der Waals surface area contributed by atoms with E-state index in [0.29, 0.717) is 12.0 Å². The summed E-state index contributed by atoms with van der Waals surface area (Å²) in [5, 5.41) is 4.49. The third kappa shape index (κ3) is 3.30. The molecule has 0 aromatic carbocycles. The summed E-state index contributed by atoms with van der Waals surface area (Å²) in [4.78, 5) is 2.58. The van der Waals surface area contributed by atoms with Gasteiger partial charge in [0.25, 0.3) is 0 Å². The van der Waals surface area contributed by atoms with Crippen molar-refractivity contribution in [2.75, 3.05) is 33.0 Å². The molecule has 1 saturated heterocycles. The van der Waals surface area contributed by atoms with Gasteiger partial charge in [-0.3, -0.25) is 9.58 Å². The Kier molecular flexibility index (Phi) is 3.97. The van der Waals surface area contributed by atoms with E-state index in [2.05, 4.69) is 20.7 Å². The highest BCUT2D eigenvalue weighted by molar-refractivity contribution is 5.03. The molecule has 0 unspecified atom stereocenters. The van der Waals surface area contributed by atoms with E-state index in [1.807, 2.05) is 6.20 Å². The maximum absolute atomic E-state index is 5.96. The highest BCUT2D eigenvalue weighted by Crippen LogP contribution is 2.29. The number of rotatable bonds is 5. The van der Waals surface area contributed by atoms with Crippen LogP contribution < -0.4 is 0 Å². The molecule has 0 bridgehead atoms. The Morgan fingerprint density at radius 3 is 2.90 bits per heavy atom. The van der Waals surface area contributed by atoms with Crippen LogP contribution in [0.5, 0.6) is 0 Å². The summed E-state index contributed by atoms with van der Waals surface area (Å²) in [6.45, 7) is 6.67. The molecule has 5 nitrogen and oxygen atoms in total. The van der Waals surface area contributed by atoms with Crippen LogP contribution in [0.4, 0.5) is 0 Å². The van der Waals surface area contributed by atoms with Gasteiger partial charge in [-0.25, -0.2) is 0 Å². The quantitative estimate of drug-likeness (QED) is 0.825. The van der Waals surface area contributed by atoms with Crippen LogP contribution in [0.15, 0.2) is 12.3 Å². The largest absolute Gasteiger partial charge is 0.381 e. The molecule has 5 heteroatoms. The molecule has 2 atom stereocenters. The van der Waals surface area contributed by atoms with E-state index in [-0.39, 0.29) is 0 Å². The van der Waals surface area contributed by atoms with Gasteiger partial charge in [-0.15, -0.1) is 0 Å². The highest BCUT2D eigenvalue weighted by Gasteiger charge is 2.30. The minimum absolute atomic E-state index is 0.533. The molecular weight excluding hydrogens is 266 g/mol. The van der Waals surface area contributed by atoms with E-state index >= 15 is 0 Å². The van der Waals surface area contributed by atoms with Crippen molar-refractivity contribution in [3.05, 3.63) is 18.0 Å². The second-order valence-electron chi connectivity index (χ2n) is 6.80. The average molecular weight is 291 g/mol. The Morgan fingerprint density at radius 2 is 2.10 bits per heavy atom. The number of nitrogens with zero attached hydrogens (tertiary/aromatic N) is 3.